The van der Waals surface area contributed by atoms with Crippen molar-refractivity contribution in [3.8, 4) is 0 Å². The van der Waals surface area contributed by atoms with E-state index in [2.05, 4.69) is 16.0 Å². The molecule has 0 saturated heterocycles. The molecule has 0 aromatic rings. The van der Waals surface area contributed by atoms with Crippen molar-refractivity contribution in [3.05, 3.63) is 0 Å². The van der Waals surface area contributed by atoms with Crippen LogP contribution in [0.3, 0.4) is 0 Å². The van der Waals surface area contributed by atoms with Gasteiger partial charge in [-0.1, -0.05) is 19.3 Å². The molecule has 5 fully saturated rings. The van der Waals surface area contributed by atoms with Crippen molar-refractivity contribution < 1.29 is 14.4 Å². The van der Waals surface area contributed by atoms with Crippen LogP contribution in [0.15, 0.2) is 0 Å². The molecule has 5 aliphatic rings. The molecule has 0 spiro atoms. The summed E-state index contributed by atoms with van der Waals surface area (Å²) < 4.78 is 0. The lowest BCUT2D eigenvalue weighted by atomic mass is 9.49. The number of hydrogen-bond acceptors (Lipinski definition) is 3. The minimum atomic E-state index is -0.184. The van der Waals surface area contributed by atoms with Crippen molar-refractivity contribution >= 4 is 17.7 Å². The number of carbonyl (C=O) groups excluding carboxylic acids is 3. The zero-order valence-corrected chi connectivity index (χ0v) is 17.6. The number of rotatable bonds is 8. The van der Waals surface area contributed by atoms with E-state index in [4.69, 9.17) is 0 Å². The number of carbonyl (C=O) groups is 3. The van der Waals surface area contributed by atoms with Crippen LogP contribution < -0.4 is 16.0 Å². The van der Waals surface area contributed by atoms with Gasteiger partial charge < -0.3 is 16.0 Å². The van der Waals surface area contributed by atoms with E-state index in [0.717, 1.165) is 43.4 Å². The van der Waals surface area contributed by atoms with Crippen molar-refractivity contribution in [3.63, 3.8) is 0 Å². The highest BCUT2D eigenvalue weighted by molar-refractivity contribution is 5.85. The van der Waals surface area contributed by atoms with Gasteiger partial charge in [-0.25, -0.2) is 0 Å². The van der Waals surface area contributed by atoms with E-state index in [1.165, 1.54) is 44.9 Å². The van der Waals surface area contributed by atoms with Crippen LogP contribution in [0, 0.1) is 29.1 Å². The Morgan fingerprint density at radius 2 is 1.31 bits per heavy atom. The third kappa shape index (κ3) is 5.32. The van der Waals surface area contributed by atoms with Crippen LogP contribution in [0.5, 0.6) is 0 Å². The summed E-state index contributed by atoms with van der Waals surface area (Å²) in [7, 11) is 0. The molecule has 5 saturated carbocycles. The van der Waals surface area contributed by atoms with Gasteiger partial charge in [0.2, 0.25) is 17.7 Å². The molecule has 0 aromatic carbocycles. The smallest absolute Gasteiger partial charge is 0.239 e. The second-order valence-corrected chi connectivity index (χ2v) is 10.3. The molecule has 6 heteroatoms. The van der Waals surface area contributed by atoms with Gasteiger partial charge in [-0.3, -0.25) is 14.4 Å². The molecule has 0 heterocycles. The van der Waals surface area contributed by atoms with Crippen LogP contribution in [0.1, 0.15) is 77.0 Å². The first kappa shape index (κ1) is 20.7. The third-order valence-electron chi connectivity index (χ3n) is 7.87. The van der Waals surface area contributed by atoms with Crippen molar-refractivity contribution in [2.45, 2.75) is 77.0 Å². The van der Waals surface area contributed by atoms with Crippen molar-refractivity contribution in [2.24, 2.45) is 29.1 Å². The van der Waals surface area contributed by atoms with Crippen LogP contribution in [0.4, 0.5) is 0 Å². The van der Waals surface area contributed by atoms with Crippen LogP contribution in [0.2, 0.25) is 0 Å². The molecule has 0 atom stereocenters. The number of amides is 3. The van der Waals surface area contributed by atoms with Crippen LogP contribution in [-0.4, -0.2) is 37.4 Å². The standard InChI is InChI=1S/C23H37N3O3/c27-20(14-23-11-16-8-17(12-23)10-18(9-16)13-23)26-15-21(28)24-6-7-25-22(29)19-4-2-1-3-5-19/h16-19H,1-15H2,(H,24,28)(H,25,29)(H,26,27). The highest BCUT2D eigenvalue weighted by atomic mass is 16.2. The summed E-state index contributed by atoms with van der Waals surface area (Å²) in [5.74, 6) is 2.60. The van der Waals surface area contributed by atoms with Gasteiger partial charge in [-0.15, -0.1) is 0 Å². The third-order valence-corrected chi connectivity index (χ3v) is 7.87. The van der Waals surface area contributed by atoms with E-state index in [1.807, 2.05) is 0 Å². The molecule has 3 amide bonds. The summed E-state index contributed by atoms with van der Waals surface area (Å²) in [6.45, 7) is 0.881. The SMILES string of the molecule is O=C(CNC(=O)CC12CC3CC(CC(C3)C1)C2)NCCNC(=O)C1CCCCC1. The van der Waals surface area contributed by atoms with Gasteiger partial charge in [-0.2, -0.15) is 0 Å². The summed E-state index contributed by atoms with van der Waals surface area (Å²) in [6.07, 6.45) is 13.8. The Kier molecular flexibility index (Phi) is 6.45. The summed E-state index contributed by atoms with van der Waals surface area (Å²) in [5.41, 5.74) is 0.207. The van der Waals surface area contributed by atoms with Gasteiger partial charge in [0.15, 0.2) is 0 Å². The van der Waals surface area contributed by atoms with E-state index < -0.39 is 0 Å². The van der Waals surface area contributed by atoms with Crippen molar-refractivity contribution in [1.82, 2.24) is 16.0 Å². The summed E-state index contributed by atoms with van der Waals surface area (Å²) in [5, 5.41) is 8.53. The van der Waals surface area contributed by atoms with Gasteiger partial charge in [-0.05, 0) is 74.5 Å². The Morgan fingerprint density at radius 1 is 0.724 bits per heavy atom. The Hall–Kier alpha value is -1.59. The molecule has 0 aliphatic heterocycles. The summed E-state index contributed by atoms with van der Waals surface area (Å²) in [6, 6.07) is 0. The second-order valence-electron chi connectivity index (χ2n) is 10.3. The highest BCUT2D eigenvalue weighted by Gasteiger charge is 2.51. The van der Waals surface area contributed by atoms with E-state index in [1.54, 1.807) is 0 Å². The number of nitrogens with one attached hydrogen (secondary N) is 3. The average molecular weight is 404 g/mol. The maximum absolute atomic E-state index is 12.5. The van der Waals surface area contributed by atoms with Gasteiger partial charge >= 0.3 is 0 Å². The molecule has 0 unspecified atom stereocenters. The van der Waals surface area contributed by atoms with Crippen molar-refractivity contribution in [2.75, 3.05) is 19.6 Å². The summed E-state index contributed by atoms with van der Waals surface area (Å²) >= 11 is 0. The fourth-order valence-corrected chi connectivity index (χ4v) is 7.05. The zero-order chi connectivity index (χ0) is 20.3. The van der Waals surface area contributed by atoms with Gasteiger partial charge in [0.1, 0.15) is 0 Å². The Bertz CT molecular complexity index is 592. The van der Waals surface area contributed by atoms with Crippen LogP contribution in [-0.2, 0) is 14.4 Å². The van der Waals surface area contributed by atoms with Crippen molar-refractivity contribution in [1.29, 1.82) is 0 Å². The monoisotopic (exact) mass is 403 g/mol. The molecule has 0 radical (unpaired) electrons. The number of hydrogen-bond donors (Lipinski definition) is 3. The molecule has 162 valence electrons. The Morgan fingerprint density at radius 3 is 1.93 bits per heavy atom. The molecule has 0 aromatic heterocycles. The first-order valence-corrected chi connectivity index (χ1v) is 11.8. The molecule has 3 N–H and O–H groups in total. The topological polar surface area (TPSA) is 87.3 Å². The quantitative estimate of drug-likeness (QED) is 0.544. The average Bonchev–Trinajstić information content (AvgIpc) is 2.69. The van der Waals surface area contributed by atoms with E-state index >= 15 is 0 Å². The van der Waals surface area contributed by atoms with Gasteiger partial charge in [0.05, 0.1) is 6.54 Å². The van der Waals surface area contributed by atoms with E-state index in [9.17, 15) is 14.4 Å². The van der Waals surface area contributed by atoms with Gasteiger partial charge in [0.25, 0.3) is 0 Å². The normalized spacial score (nSPS) is 33.3. The van der Waals surface area contributed by atoms with Gasteiger partial charge in [0, 0.05) is 25.4 Å². The highest BCUT2D eigenvalue weighted by Crippen LogP contribution is 2.61. The Labute approximate surface area is 174 Å². The zero-order valence-electron chi connectivity index (χ0n) is 17.6. The molecule has 29 heavy (non-hydrogen) atoms. The largest absolute Gasteiger partial charge is 0.354 e. The maximum Gasteiger partial charge on any atom is 0.239 e. The molecular formula is C23H37N3O3. The van der Waals surface area contributed by atoms with Crippen LogP contribution in [0.25, 0.3) is 0 Å². The molecular weight excluding hydrogens is 366 g/mol. The lowest BCUT2D eigenvalue weighted by Crippen LogP contribution is -2.48. The molecule has 6 nitrogen and oxygen atoms in total. The van der Waals surface area contributed by atoms with Crippen LogP contribution >= 0.6 is 0 Å². The van der Waals surface area contributed by atoms with E-state index in [0.29, 0.717) is 19.5 Å². The lowest BCUT2D eigenvalue weighted by Gasteiger charge is -2.56. The lowest BCUT2D eigenvalue weighted by molar-refractivity contribution is -0.131. The first-order valence-electron chi connectivity index (χ1n) is 11.8. The predicted octanol–water partition coefficient (Wildman–Crippen LogP) is 2.52. The minimum absolute atomic E-state index is 0.0210. The predicted molar refractivity (Wildman–Crippen MR) is 111 cm³/mol. The Balaban J connectivity index is 1.10. The molecule has 4 bridgehead atoms. The summed E-state index contributed by atoms with van der Waals surface area (Å²) in [4.78, 5) is 36.6. The fourth-order valence-electron chi connectivity index (χ4n) is 7.05. The van der Waals surface area contributed by atoms with E-state index in [-0.39, 0.29) is 35.6 Å². The maximum atomic E-state index is 12.5. The fraction of sp³-hybridized carbons (Fsp3) is 0.870. The molecule has 5 rings (SSSR count). The molecule has 5 aliphatic carbocycles. The first-order chi connectivity index (χ1) is 14.0. The minimum Gasteiger partial charge on any atom is -0.354 e. The second kappa shape index (κ2) is 9.05.